The summed E-state index contributed by atoms with van der Waals surface area (Å²) >= 11 is 0. The van der Waals surface area contributed by atoms with Gasteiger partial charge >= 0.3 is 11.4 Å². The predicted octanol–water partition coefficient (Wildman–Crippen LogP) is 2.88. The van der Waals surface area contributed by atoms with Crippen LogP contribution in [0.15, 0.2) is 0 Å². The van der Waals surface area contributed by atoms with Crippen molar-refractivity contribution in [2.24, 2.45) is 0 Å². The first-order valence-electron chi connectivity index (χ1n) is 3.34. The van der Waals surface area contributed by atoms with Gasteiger partial charge in [0.2, 0.25) is 0 Å². The molecule has 0 aliphatic heterocycles. The molecule has 0 aromatic carbocycles. The molecule has 0 fully saturated rings. The van der Waals surface area contributed by atoms with Crippen LogP contribution in [0.1, 0.15) is 19.3 Å². The zero-order chi connectivity index (χ0) is 11.6. The van der Waals surface area contributed by atoms with Crippen LogP contribution in [0.25, 0.3) is 0 Å². The summed E-state index contributed by atoms with van der Waals surface area (Å²) < 4.78 is 79.6. The second kappa shape index (κ2) is 4.18. The quantitative estimate of drug-likeness (QED) is 0.575. The largest absolute Gasteiger partial charge is 0.389 e. The van der Waals surface area contributed by atoms with Gasteiger partial charge in [-0.2, -0.15) is 22.0 Å². The Balaban J connectivity index is 4.16. The van der Waals surface area contributed by atoms with Crippen molar-refractivity contribution in [2.45, 2.75) is 30.7 Å². The molecule has 9 heteroatoms. The molecule has 0 saturated heterocycles. The van der Waals surface area contributed by atoms with E-state index in [1.54, 1.807) is 0 Å². The van der Waals surface area contributed by atoms with Crippen LogP contribution >= 0.6 is 10.7 Å². The lowest BCUT2D eigenvalue weighted by Gasteiger charge is -2.12. The third-order valence-corrected chi connectivity index (χ3v) is 2.88. The van der Waals surface area contributed by atoms with E-state index in [0.717, 1.165) is 0 Å². The molecular weight excluding hydrogens is 255 g/mol. The number of rotatable bonds is 4. The summed E-state index contributed by atoms with van der Waals surface area (Å²) in [6, 6.07) is 0. The van der Waals surface area contributed by atoms with E-state index in [-0.39, 0.29) is 0 Å². The molecule has 0 atom stereocenters. The van der Waals surface area contributed by atoms with Crippen molar-refractivity contribution >= 4 is 19.7 Å². The Hall–Kier alpha value is -0.110. The molecule has 0 amide bonds. The minimum atomic E-state index is -5.15. The lowest BCUT2D eigenvalue weighted by molar-refractivity contribution is -0.137. The second-order valence-electron chi connectivity index (χ2n) is 2.54. The molecule has 0 heterocycles. The van der Waals surface area contributed by atoms with Crippen molar-refractivity contribution < 1.29 is 30.4 Å². The van der Waals surface area contributed by atoms with Gasteiger partial charge in [-0.3, -0.25) is 0 Å². The van der Waals surface area contributed by atoms with Gasteiger partial charge in [0, 0.05) is 23.5 Å². The minimum Gasteiger partial charge on any atom is -0.206 e. The fourth-order valence-electron chi connectivity index (χ4n) is 0.617. The van der Waals surface area contributed by atoms with Crippen molar-refractivity contribution in [3.05, 3.63) is 0 Å². The van der Waals surface area contributed by atoms with E-state index in [1.807, 2.05) is 0 Å². The molecule has 0 radical (unpaired) electrons. The van der Waals surface area contributed by atoms with Crippen molar-refractivity contribution in [1.29, 1.82) is 0 Å². The molecule has 0 aliphatic carbocycles. The molecule has 14 heavy (non-hydrogen) atoms. The minimum absolute atomic E-state index is 0.984. The average Bonchev–Trinajstić information content (AvgIpc) is 1.80. The Labute approximate surface area is 81.5 Å². The number of alkyl halides is 5. The Kier molecular flexibility index (Phi) is 4.14. The highest BCUT2D eigenvalue weighted by Gasteiger charge is 2.43. The van der Waals surface area contributed by atoms with Gasteiger partial charge in [-0.05, 0) is 6.42 Å². The summed E-state index contributed by atoms with van der Waals surface area (Å²) in [4.78, 5) is 0. The summed E-state index contributed by atoms with van der Waals surface area (Å²) in [5.74, 6) is 0. The molecule has 0 aliphatic rings. The van der Waals surface area contributed by atoms with E-state index >= 15 is 0 Å². The van der Waals surface area contributed by atoms with E-state index in [4.69, 9.17) is 0 Å². The third-order valence-electron chi connectivity index (χ3n) is 1.28. The molecule has 2 nitrogen and oxygen atoms in total. The Bertz CT molecular complexity index is 283. The van der Waals surface area contributed by atoms with Gasteiger partial charge < -0.3 is 0 Å². The first-order valence-corrected chi connectivity index (χ1v) is 5.65. The molecular formula is C5H6ClF5O2S. The molecule has 0 rings (SSSR count). The van der Waals surface area contributed by atoms with Gasteiger partial charge in [-0.25, -0.2) is 8.42 Å². The maximum absolute atomic E-state index is 12.4. The van der Waals surface area contributed by atoms with Crippen LogP contribution < -0.4 is 0 Å². The van der Waals surface area contributed by atoms with Crippen molar-refractivity contribution in [3.8, 4) is 0 Å². The summed E-state index contributed by atoms with van der Waals surface area (Å²) in [6.07, 6.45) is -8.46. The van der Waals surface area contributed by atoms with Crippen molar-refractivity contribution in [2.75, 3.05) is 0 Å². The van der Waals surface area contributed by atoms with Gasteiger partial charge in [-0.15, -0.1) is 0 Å². The van der Waals surface area contributed by atoms with Crippen LogP contribution in [-0.4, -0.2) is 19.8 Å². The van der Waals surface area contributed by atoms with E-state index in [0.29, 0.717) is 0 Å². The molecule has 0 saturated carbocycles. The standard InChI is InChI=1S/C5H6ClF5O2S/c6-14(12,13)5(10,11)3-1-2-4(7,8)9/h1-3H2. The van der Waals surface area contributed by atoms with Gasteiger partial charge in [0.05, 0.1) is 0 Å². The van der Waals surface area contributed by atoms with Gasteiger partial charge in [0.15, 0.2) is 0 Å². The Morgan fingerprint density at radius 1 is 1.00 bits per heavy atom. The summed E-state index contributed by atoms with van der Waals surface area (Å²) in [5.41, 5.74) is 0. The monoisotopic (exact) mass is 260 g/mol. The van der Waals surface area contributed by atoms with E-state index in [9.17, 15) is 30.4 Å². The molecule has 0 unspecified atom stereocenters. The third kappa shape index (κ3) is 4.94. The van der Waals surface area contributed by atoms with Crippen LogP contribution in [0, 0.1) is 0 Å². The van der Waals surface area contributed by atoms with Gasteiger partial charge in [0.25, 0.3) is 9.05 Å². The maximum Gasteiger partial charge on any atom is 0.389 e. The average molecular weight is 261 g/mol. The highest BCUT2D eigenvalue weighted by molar-refractivity contribution is 8.14. The van der Waals surface area contributed by atoms with E-state index < -0.39 is 39.7 Å². The topological polar surface area (TPSA) is 34.1 Å². The number of hydrogen-bond donors (Lipinski definition) is 0. The van der Waals surface area contributed by atoms with E-state index in [1.165, 1.54) is 0 Å². The first kappa shape index (κ1) is 13.9. The number of halogens is 6. The van der Waals surface area contributed by atoms with Crippen LogP contribution in [0.4, 0.5) is 22.0 Å². The van der Waals surface area contributed by atoms with Crippen LogP contribution in [0.2, 0.25) is 0 Å². The maximum atomic E-state index is 12.4. The smallest absolute Gasteiger partial charge is 0.206 e. The van der Waals surface area contributed by atoms with Crippen molar-refractivity contribution in [3.63, 3.8) is 0 Å². The predicted molar refractivity (Wildman–Crippen MR) is 39.6 cm³/mol. The summed E-state index contributed by atoms with van der Waals surface area (Å²) in [5, 5.41) is -4.31. The van der Waals surface area contributed by atoms with Gasteiger partial charge in [0.1, 0.15) is 0 Å². The van der Waals surface area contributed by atoms with Crippen LogP contribution in [-0.2, 0) is 9.05 Å². The van der Waals surface area contributed by atoms with Crippen LogP contribution in [0.3, 0.4) is 0 Å². The second-order valence-corrected chi connectivity index (χ2v) is 5.24. The normalized spacial score (nSPS) is 14.4. The number of hydrogen-bond acceptors (Lipinski definition) is 2. The zero-order valence-corrected chi connectivity index (χ0v) is 8.19. The highest BCUT2D eigenvalue weighted by atomic mass is 35.7. The first-order chi connectivity index (χ1) is 5.96. The molecule has 0 aromatic heterocycles. The fraction of sp³-hybridized carbons (Fsp3) is 1.00. The van der Waals surface area contributed by atoms with Crippen LogP contribution in [0.5, 0.6) is 0 Å². The summed E-state index contributed by atoms with van der Waals surface area (Å²) in [7, 11) is -0.833. The molecule has 0 N–H and O–H groups in total. The zero-order valence-electron chi connectivity index (χ0n) is 6.61. The SMILES string of the molecule is O=S(=O)(Cl)C(F)(F)CCCC(F)(F)F. The Morgan fingerprint density at radius 3 is 1.71 bits per heavy atom. The molecule has 86 valence electrons. The van der Waals surface area contributed by atoms with Crippen molar-refractivity contribution in [1.82, 2.24) is 0 Å². The molecule has 0 spiro atoms. The molecule has 0 aromatic rings. The highest BCUT2D eigenvalue weighted by Crippen LogP contribution is 2.33. The fourth-order valence-corrected chi connectivity index (χ4v) is 1.24. The lowest BCUT2D eigenvalue weighted by atomic mass is 10.2. The molecule has 0 bridgehead atoms. The lowest BCUT2D eigenvalue weighted by Crippen LogP contribution is -2.24. The van der Waals surface area contributed by atoms with E-state index in [2.05, 4.69) is 10.7 Å². The van der Waals surface area contributed by atoms with Gasteiger partial charge in [-0.1, -0.05) is 0 Å². The Morgan fingerprint density at radius 2 is 1.43 bits per heavy atom. The summed E-state index contributed by atoms with van der Waals surface area (Å²) in [6.45, 7) is 0.